The molecule has 0 aliphatic carbocycles. The Morgan fingerprint density at radius 3 is 2.57 bits per heavy atom. The molecule has 2 rings (SSSR count). The van der Waals surface area contributed by atoms with E-state index in [1.165, 1.54) is 0 Å². The van der Waals surface area contributed by atoms with Crippen molar-refractivity contribution < 1.29 is 14.6 Å². The summed E-state index contributed by atoms with van der Waals surface area (Å²) in [6.07, 6.45) is 1.98. The topological polar surface area (TPSA) is 53.0 Å². The van der Waals surface area contributed by atoms with Crippen molar-refractivity contribution in [3.63, 3.8) is 0 Å². The number of halogens is 1. The van der Waals surface area contributed by atoms with Gasteiger partial charge < -0.3 is 14.7 Å². The van der Waals surface area contributed by atoms with Crippen molar-refractivity contribution in [1.29, 1.82) is 0 Å². The van der Waals surface area contributed by atoms with Gasteiger partial charge in [0.15, 0.2) is 0 Å². The first-order valence-electron chi connectivity index (χ1n) is 8.07. The molecule has 0 bridgehead atoms. The van der Waals surface area contributed by atoms with Crippen LogP contribution in [0.3, 0.4) is 0 Å². The second-order valence-electron chi connectivity index (χ2n) is 5.92. The fraction of sp³-hybridized carbons (Fsp3) is 0.588. The third-order valence-corrected chi connectivity index (χ3v) is 4.45. The Bertz CT molecular complexity index is 517. The normalized spacial score (nSPS) is 16.4. The number of unbranched alkanes of at least 4 members (excludes halogenated alkanes) is 1. The van der Waals surface area contributed by atoms with Crippen LogP contribution in [0.15, 0.2) is 18.2 Å². The maximum atomic E-state index is 10.5. The molecule has 128 valence electrons. The van der Waals surface area contributed by atoms with Crippen molar-refractivity contribution in [2.24, 2.45) is 0 Å². The van der Waals surface area contributed by atoms with Crippen LogP contribution in [0.5, 0.6) is 5.75 Å². The van der Waals surface area contributed by atoms with E-state index in [4.69, 9.17) is 21.4 Å². The Hall–Kier alpha value is -1.30. The van der Waals surface area contributed by atoms with Gasteiger partial charge in [-0.25, -0.2) is 0 Å². The Labute approximate surface area is 142 Å². The van der Waals surface area contributed by atoms with Gasteiger partial charge in [-0.15, -0.1) is 0 Å². The summed E-state index contributed by atoms with van der Waals surface area (Å²) < 4.78 is 5.40. The molecule has 0 aromatic heterocycles. The van der Waals surface area contributed by atoms with Gasteiger partial charge in [-0.05, 0) is 37.6 Å². The minimum absolute atomic E-state index is 0.272. The van der Waals surface area contributed by atoms with Crippen molar-refractivity contribution in [3.8, 4) is 5.75 Å². The molecule has 0 saturated carbocycles. The third-order valence-electron chi connectivity index (χ3n) is 4.22. The molecular weight excluding hydrogens is 316 g/mol. The number of benzene rings is 1. The van der Waals surface area contributed by atoms with Crippen LogP contribution in [0.2, 0.25) is 5.02 Å². The van der Waals surface area contributed by atoms with Gasteiger partial charge in [0.1, 0.15) is 5.75 Å². The second kappa shape index (κ2) is 9.11. The average Bonchev–Trinajstić information content (AvgIpc) is 2.53. The molecule has 1 heterocycles. The Morgan fingerprint density at radius 1 is 1.22 bits per heavy atom. The zero-order chi connectivity index (χ0) is 16.7. The summed E-state index contributed by atoms with van der Waals surface area (Å²) >= 11 is 6.08. The molecule has 1 fully saturated rings. The molecule has 1 aromatic rings. The summed E-state index contributed by atoms with van der Waals surface area (Å²) in [6, 6.07) is 5.73. The van der Waals surface area contributed by atoms with E-state index < -0.39 is 5.97 Å². The van der Waals surface area contributed by atoms with E-state index >= 15 is 0 Å². The summed E-state index contributed by atoms with van der Waals surface area (Å²) in [7, 11) is 1.68. The predicted molar refractivity (Wildman–Crippen MR) is 91.2 cm³/mol. The van der Waals surface area contributed by atoms with E-state index in [1.807, 2.05) is 18.2 Å². The first kappa shape index (κ1) is 18.0. The van der Waals surface area contributed by atoms with E-state index in [9.17, 15) is 4.79 Å². The standard InChI is InChI=1S/C17H25ClN2O3/c1-23-16-6-5-15(18)12-14(16)13-20-10-8-19(9-11-20)7-3-2-4-17(21)22/h5-6,12H,2-4,7-11,13H2,1H3,(H,21,22). The van der Waals surface area contributed by atoms with Crippen molar-refractivity contribution in [2.75, 3.05) is 39.8 Å². The van der Waals surface area contributed by atoms with Crippen LogP contribution in [-0.4, -0.2) is 60.7 Å². The number of carbonyl (C=O) groups is 1. The van der Waals surface area contributed by atoms with Gasteiger partial charge in [0.25, 0.3) is 0 Å². The highest BCUT2D eigenvalue weighted by atomic mass is 35.5. The number of carboxylic acid groups (broad SMARTS) is 1. The molecular formula is C17H25ClN2O3. The van der Waals surface area contributed by atoms with Crippen LogP contribution >= 0.6 is 11.6 Å². The lowest BCUT2D eigenvalue weighted by Gasteiger charge is -2.35. The molecule has 0 atom stereocenters. The molecule has 1 N–H and O–H groups in total. The highest BCUT2D eigenvalue weighted by Crippen LogP contribution is 2.24. The molecule has 0 spiro atoms. The van der Waals surface area contributed by atoms with Crippen molar-refractivity contribution in [1.82, 2.24) is 9.80 Å². The predicted octanol–water partition coefficient (Wildman–Crippen LogP) is 2.72. The van der Waals surface area contributed by atoms with E-state index in [0.29, 0.717) is 0 Å². The van der Waals surface area contributed by atoms with Gasteiger partial charge in [0.2, 0.25) is 0 Å². The van der Waals surface area contributed by atoms with E-state index in [1.54, 1.807) is 7.11 Å². The van der Waals surface area contributed by atoms with E-state index in [0.717, 1.165) is 68.4 Å². The smallest absolute Gasteiger partial charge is 0.303 e. The number of hydrogen-bond acceptors (Lipinski definition) is 4. The zero-order valence-electron chi connectivity index (χ0n) is 13.6. The fourth-order valence-electron chi connectivity index (χ4n) is 2.89. The van der Waals surface area contributed by atoms with Gasteiger partial charge >= 0.3 is 5.97 Å². The monoisotopic (exact) mass is 340 g/mol. The molecule has 0 radical (unpaired) electrons. The molecule has 1 aliphatic heterocycles. The second-order valence-corrected chi connectivity index (χ2v) is 6.36. The molecule has 0 unspecified atom stereocenters. The van der Waals surface area contributed by atoms with Gasteiger partial charge in [0, 0.05) is 49.7 Å². The van der Waals surface area contributed by atoms with Crippen LogP contribution in [0.25, 0.3) is 0 Å². The van der Waals surface area contributed by atoms with Crippen LogP contribution < -0.4 is 4.74 Å². The summed E-state index contributed by atoms with van der Waals surface area (Å²) in [4.78, 5) is 15.3. The highest BCUT2D eigenvalue weighted by molar-refractivity contribution is 6.30. The van der Waals surface area contributed by atoms with Crippen molar-refractivity contribution in [3.05, 3.63) is 28.8 Å². The maximum Gasteiger partial charge on any atom is 0.303 e. The summed E-state index contributed by atoms with van der Waals surface area (Å²) in [5.74, 6) is 0.177. The molecule has 6 heteroatoms. The maximum absolute atomic E-state index is 10.5. The highest BCUT2D eigenvalue weighted by Gasteiger charge is 2.18. The first-order valence-corrected chi connectivity index (χ1v) is 8.45. The molecule has 1 saturated heterocycles. The number of aliphatic carboxylic acids is 1. The Balaban J connectivity index is 1.74. The summed E-state index contributed by atoms with van der Waals surface area (Å²) in [6.45, 7) is 5.90. The molecule has 1 aliphatic rings. The summed E-state index contributed by atoms with van der Waals surface area (Å²) in [5, 5.41) is 9.38. The number of methoxy groups -OCH3 is 1. The zero-order valence-corrected chi connectivity index (χ0v) is 14.4. The van der Waals surface area contributed by atoms with Crippen LogP contribution in [0.4, 0.5) is 0 Å². The summed E-state index contributed by atoms with van der Waals surface area (Å²) in [5.41, 5.74) is 1.12. The fourth-order valence-corrected chi connectivity index (χ4v) is 3.09. The number of carboxylic acids is 1. The van der Waals surface area contributed by atoms with E-state index in [-0.39, 0.29) is 6.42 Å². The van der Waals surface area contributed by atoms with Gasteiger partial charge in [-0.3, -0.25) is 9.69 Å². The number of rotatable bonds is 8. The largest absolute Gasteiger partial charge is 0.496 e. The lowest BCUT2D eigenvalue weighted by atomic mass is 10.1. The number of nitrogens with zero attached hydrogens (tertiary/aromatic N) is 2. The minimum Gasteiger partial charge on any atom is -0.496 e. The lowest BCUT2D eigenvalue weighted by molar-refractivity contribution is -0.137. The third kappa shape index (κ3) is 6.01. The SMILES string of the molecule is COc1ccc(Cl)cc1CN1CCN(CCCCC(=O)O)CC1. The first-order chi connectivity index (χ1) is 11.1. The van der Waals surface area contributed by atoms with Crippen LogP contribution in [-0.2, 0) is 11.3 Å². The van der Waals surface area contributed by atoms with Crippen molar-refractivity contribution in [2.45, 2.75) is 25.8 Å². The minimum atomic E-state index is -0.703. The Morgan fingerprint density at radius 2 is 1.91 bits per heavy atom. The molecule has 1 aromatic carbocycles. The molecule has 23 heavy (non-hydrogen) atoms. The van der Waals surface area contributed by atoms with Crippen molar-refractivity contribution >= 4 is 17.6 Å². The van der Waals surface area contributed by atoms with Gasteiger partial charge in [-0.1, -0.05) is 11.6 Å². The molecule has 5 nitrogen and oxygen atoms in total. The van der Waals surface area contributed by atoms with E-state index in [2.05, 4.69) is 9.80 Å². The average molecular weight is 341 g/mol. The lowest BCUT2D eigenvalue weighted by Crippen LogP contribution is -2.46. The quantitative estimate of drug-likeness (QED) is 0.737. The van der Waals surface area contributed by atoms with Gasteiger partial charge in [0.05, 0.1) is 7.11 Å². The number of ether oxygens (including phenoxy) is 1. The van der Waals surface area contributed by atoms with Crippen LogP contribution in [0, 0.1) is 0 Å². The number of hydrogen-bond donors (Lipinski definition) is 1. The van der Waals surface area contributed by atoms with Gasteiger partial charge in [-0.2, -0.15) is 0 Å². The molecule has 0 amide bonds. The Kier molecular flexibility index (Phi) is 7.15. The van der Waals surface area contributed by atoms with Crippen LogP contribution in [0.1, 0.15) is 24.8 Å². The number of piperazine rings is 1.